The molecule has 1 atom stereocenters. The van der Waals surface area contributed by atoms with E-state index in [0.717, 1.165) is 5.56 Å². The Balaban J connectivity index is 2.25. The van der Waals surface area contributed by atoms with Gasteiger partial charge in [-0.1, -0.05) is 11.2 Å². The molecular weight excluding hydrogens is 247 g/mol. The van der Waals surface area contributed by atoms with Crippen molar-refractivity contribution in [3.63, 3.8) is 0 Å². The summed E-state index contributed by atoms with van der Waals surface area (Å²) in [5, 5.41) is 3.80. The zero-order chi connectivity index (χ0) is 14.0. The Morgan fingerprint density at radius 2 is 2.16 bits per heavy atom. The van der Waals surface area contributed by atoms with Crippen LogP contribution in [0.25, 0.3) is 11.5 Å². The molecule has 5 nitrogen and oxygen atoms in total. The number of rotatable bonds is 4. The van der Waals surface area contributed by atoms with Gasteiger partial charge in [-0.25, -0.2) is 4.39 Å². The Labute approximate surface area is 111 Å². The number of benzene rings is 1. The maximum Gasteiger partial charge on any atom is 0.260 e. The third-order valence-electron chi connectivity index (χ3n) is 2.69. The van der Waals surface area contributed by atoms with Gasteiger partial charge in [-0.05, 0) is 38.7 Å². The first-order chi connectivity index (χ1) is 8.97. The molecule has 0 aliphatic carbocycles. The molecule has 0 fully saturated rings. The van der Waals surface area contributed by atoms with Crippen LogP contribution in [0.2, 0.25) is 0 Å². The lowest BCUT2D eigenvalue weighted by Crippen LogP contribution is -2.26. The number of hydrogen-bond acceptors (Lipinski definition) is 5. The number of likely N-dealkylation sites (N-methyl/N-ethyl adjacent to an activating group) is 1. The van der Waals surface area contributed by atoms with Gasteiger partial charge in [-0.15, -0.1) is 0 Å². The zero-order valence-corrected chi connectivity index (χ0v) is 11.2. The highest BCUT2D eigenvalue weighted by Gasteiger charge is 2.17. The first kappa shape index (κ1) is 13.6. The van der Waals surface area contributed by atoms with Crippen molar-refractivity contribution < 1.29 is 8.91 Å². The van der Waals surface area contributed by atoms with Gasteiger partial charge in [0.15, 0.2) is 5.82 Å². The quantitative estimate of drug-likeness (QED) is 0.911. The lowest BCUT2D eigenvalue weighted by molar-refractivity contribution is 0.357. The summed E-state index contributed by atoms with van der Waals surface area (Å²) in [4.78, 5) is 6.08. The fourth-order valence-electron chi connectivity index (χ4n) is 1.76. The molecule has 102 valence electrons. The average molecular weight is 264 g/mol. The van der Waals surface area contributed by atoms with Crippen LogP contribution < -0.4 is 5.73 Å². The van der Waals surface area contributed by atoms with E-state index in [1.54, 1.807) is 12.1 Å². The summed E-state index contributed by atoms with van der Waals surface area (Å²) in [5.74, 6) is 0.154. The molecule has 0 saturated carbocycles. The summed E-state index contributed by atoms with van der Waals surface area (Å²) in [6.45, 7) is 2.41. The lowest BCUT2D eigenvalue weighted by atomic mass is 10.1. The lowest BCUT2D eigenvalue weighted by Gasteiger charge is -2.12. The molecule has 0 aliphatic heterocycles. The van der Waals surface area contributed by atoms with Gasteiger partial charge in [-0.3, -0.25) is 0 Å². The predicted molar refractivity (Wildman–Crippen MR) is 69.9 cm³/mol. The van der Waals surface area contributed by atoms with Crippen LogP contribution in [0.1, 0.15) is 17.4 Å². The Bertz CT molecular complexity index is 568. The maximum absolute atomic E-state index is 13.8. The van der Waals surface area contributed by atoms with Crippen molar-refractivity contribution in [2.75, 3.05) is 20.6 Å². The van der Waals surface area contributed by atoms with Crippen LogP contribution in [-0.4, -0.2) is 35.7 Å². The van der Waals surface area contributed by atoms with Gasteiger partial charge in [-0.2, -0.15) is 4.98 Å². The van der Waals surface area contributed by atoms with Crippen molar-refractivity contribution in [3.05, 3.63) is 35.4 Å². The van der Waals surface area contributed by atoms with Crippen LogP contribution in [-0.2, 0) is 0 Å². The van der Waals surface area contributed by atoms with Gasteiger partial charge in [0.05, 0.1) is 11.6 Å². The molecular formula is C13H17FN4O. The number of nitrogens with zero attached hydrogens (tertiary/aromatic N) is 3. The Hall–Kier alpha value is -1.79. The van der Waals surface area contributed by atoms with Crippen molar-refractivity contribution >= 4 is 0 Å². The van der Waals surface area contributed by atoms with E-state index >= 15 is 0 Å². The number of nitrogens with two attached hydrogens (primary N) is 1. The Kier molecular flexibility index (Phi) is 3.92. The van der Waals surface area contributed by atoms with E-state index in [1.165, 1.54) is 6.07 Å². The molecule has 1 aromatic carbocycles. The van der Waals surface area contributed by atoms with Crippen molar-refractivity contribution in [2.24, 2.45) is 5.73 Å². The summed E-state index contributed by atoms with van der Waals surface area (Å²) < 4.78 is 18.9. The molecule has 2 aromatic rings. The normalized spacial score (nSPS) is 12.9. The molecule has 2 rings (SSSR count). The number of aromatic nitrogens is 2. The summed E-state index contributed by atoms with van der Waals surface area (Å²) in [6, 6.07) is 4.49. The SMILES string of the molecule is Cc1ccc(-c2nc(C(N)CN(C)C)no2)c(F)c1. The van der Waals surface area contributed by atoms with E-state index < -0.39 is 0 Å². The predicted octanol–water partition coefficient (Wildman–Crippen LogP) is 1.75. The van der Waals surface area contributed by atoms with Crippen LogP contribution >= 0.6 is 0 Å². The molecule has 2 N–H and O–H groups in total. The molecule has 6 heteroatoms. The van der Waals surface area contributed by atoms with Crippen LogP contribution in [0.15, 0.2) is 22.7 Å². The molecule has 0 aliphatic rings. The van der Waals surface area contributed by atoms with Gasteiger partial charge < -0.3 is 15.2 Å². The number of hydrogen-bond donors (Lipinski definition) is 1. The second kappa shape index (κ2) is 5.46. The van der Waals surface area contributed by atoms with E-state index in [-0.39, 0.29) is 17.7 Å². The molecule has 1 aromatic heterocycles. The summed E-state index contributed by atoms with van der Waals surface area (Å²) >= 11 is 0. The molecule has 0 spiro atoms. The molecule has 19 heavy (non-hydrogen) atoms. The van der Waals surface area contributed by atoms with Gasteiger partial charge in [0.1, 0.15) is 5.82 Å². The Morgan fingerprint density at radius 3 is 2.79 bits per heavy atom. The van der Waals surface area contributed by atoms with Crippen LogP contribution in [0.3, 0.4) is 0 Å². The van der Waals surface area contributed by atoms with E-state index in [0.29, 0.717) is 17.9 Å². The van der Waals surface area contributed by atoms with Gasteiger partial charge in [0.25, 0.3) is 5.89 Å². The highest BCUT2D eigenvalue weighted by molar-refractivity contribution is 5.54. The smallest absolute Gasteiger partial charge is 0.260 e. The van der Waals surface area contributed by atoms with Gasteiger partial charge >= 0.3 is 0 Å². The maximum atomic E-state index is 13.8. The molecule has 1 unspecified atom stereocenters. The average Bonchev–Trinajstić information content (AvgIpc) is 2.77. The van der Waals surface area contributed by atoms with E-state index in [9.17, 15) is 4.39 Å². The summed E-state index contributed by atoms with van der Waals surface area (Å²) in [7, 11) is 3.81. The highest BCUT2D eigenvalue weighted by atomic mass is 19.1. The van der Waals surface area contributed by atoms with E-state index in [4.69, 9.17) is 10.3 Å². The van der Waals surface area contributed by atoms with Crippen molar-refractivity contribution in [1.82, 2.24) is 15.0 Å². The van der Waals surface area contributed by atoms with Crippen molar-refractivity contribution in [3.8, 4) is 11.5 Å². The molecule has 0 saturated heterocycles. The first-order valence-corrected chi connectivity index (χ1v) is 5.98. The number of halogens is 1. The fraction of sp³-hybridized carbons (Fsp3) is 0.385. The largest absolute Gasteiger partial charge is 0.334 e. The Morgan fingerprint density at radius 1 is 1.42 bits per heavy atom. The summed E-state index contributed by atoms with van der Waals surface area (Å²) in [5.41, 5.74) is 7.06. The van der Waals surface area contributed by atoms with Gasteiger partial charge in [0, 0.05) is 6.54 Å². The van der Waals surface area contributed by atoms with Gasteiger partial charge in [0.2, 0.25) is 0 Å². The molecule has 1 heterocycles. The second-order valence-corrected chi connectivity index (χ2v) is 4.81. The summed E-state index contributed by atoms with van der Waals surface area (Å²) in [6.07, 6.45) is 0. The zero-order valence-electron chi connectivity index (χ0n) is 11.2. The van der Waals surface area contributed by atoms with Crippen LogP contribution in [0.4, 0.5) is 4.39 Å². The molecule has 0 radical (unpaired) electrons. The highest BCUT2D eigenvalue weighted by Crippen LogP contribution is 2.22. The van der Waals surface area contributed by atoms with Crippen molar-refractivity contribution in [2.45, 2.75) is 13.0 Å². The fourth-order valence-corrected chi connectivity index (χ4v) is 1.76. The topological polar surface area (TPSA) is 68.2 Å². The minimum absolute atomic E-state index is 0.154. The minimum Gasteiger partial charge on any atom is -0.334 e. The van der Waals surface area contributed by atoms with E-state index in [2.05, 4.69) is 10.1 Å². The van der Waals surface area contributed by atoms with E-state index in [1.807, 2.05) is 25.9 Å². The second-order valence-electron chi connectivity index (χ2n) is 4.81. The minimum atomic E-state index is -0.378. The molecule has 0 bridgehead atoms. The van der Waals surface area contributed by atoms with Crippen molar-refractivity contribution in [1.29, 1.82) is 0 Å². The number of aryl methyl sites for hydroxylation is 1. The molecule has 0 amide bonds. The van der Waals surface area contributed by atoms with Crippen LogP contribution in [0.5, 0.6) is 0 Å². The standard InChI is InChI=1S/C13H17FN4O/c1-8-4-5-9(10(14)6-8)13-16-12(17-19-13)11(15)7-18(2)3/h4-6,11H,7,15H2,1-3H3. The monoisotopic (exact) mass is 264 g/mol. The van der Waals surface area contributed by atoms with Crippen LogP contribution in [0, 0.1) is 12.7 Å². The third-order valence-corrected chi connectivity index (χ3v) is 2.69. The third kappa shape index (κ3) is 3.15. The first-order valence-electron chi connectivity index (χ1n) is 5.98.